The lowest BCUT2D eigenvalue weighted by molar-refractivity contribution is 1.27. The molecule has 1 aromatic carbocycles. The molecule has 11 heavy (non-hydrogen) atoms. The summed E-state index contributed by atoms with van der Waals surface area (Å²) in [4.78, 5) is 10.3. The summed E-state index contributed by atoms with van der Waals surface area (Å²) < 4.78 is 0. The molecule has 0 N–H and O–H groups in total. The molecule has 0 spiro atoms. The molecule has 0 radical (unpaired) electrons. The van der Waals surface area contributed by atoms with E-state index in [1.807, 2.05) is 26.8 Å². The van der Waals surface area contributed by atoms with Gasteiger partial charge >= 0.3 is 0 Å². The standard InChI is InChI=1S/C9H11NO/c1-6-4-7(2)8(3)9(5-6)10-11/h4-5H,1-3H3. The zero-order valence-corrected chi connectivity index (χ0v) is 7.01. The summed E-state index contributed by atoms with van der Waals surface area (Å²) in [5.74, 6) is 0. The molecule has 2 nitrogen and oxygen atoms in total. The molecule has 0 saturated heterocycles. The Morgan fingerprint density at radius 1 is 1.18 bits per heavy atom. The minimum atomic E-state index is 0.558. The van der Waals surface area contributed by atoms with Crippen LogP contribution in [0.4, 0.5) is 5.69 Å². The largest absolute Gasteiger partial charge is 0.145 e. The highest BCUT2D eigenvalue weighted by Crippen LogP contribution is 2.22. The van der Waals surface area contributed by atoms with Gasteiger partial charge in [0.05, 0.1) is 0 Å². The van der Waals surface area contributed by atoms with Gasteiger partial charge in [-0.25, -0.2) is 0 Å². The molecule has 0 atom stereocenters. The number of nitrogens with zero attached hydrogens (tertiary/aromatic N) is 1. The van der Waals surface area contributed by atoms with Gasteiger partial charge in [0, 0.05) is 0 Å². The van der Waals surface area contributed by atoms with Gasteiger partial charge in [-0.2, -0.15) is 0 Å². The molecule has 0 heterocycles. The van der Waals surface area contributed by atoms with Crippen molar-refractivity contribution in [1.29, 1.82) is 0 Å². The number of rotatable bonds is 1. The molecular weight excluding hydrogens is 138 g/mol. The van der Waals surface area contributed by atoms with Crippen molar-refractivity contribution in [2.45, 2.75) is 20.8 Å². The van der Waals surface area contributed by atoms with Crippen LogP contribution in [0.1, 0.15) is 16.7 Å². The predicted octanol–water partition coefficient (Wildman–Crippen LogP) is 3.01. The average molecular weight is 149 g/mol. The van der Waals surface area contributed by atoms with Crippen LogP contribution in [0.5, 0.6) is 0 Å². The van der Waals surface area contributed by atoms with E-state index in [1.165, 1.54) is 0 Å². The van der Waals surface area contributed by atoms with Crippen molar-refractivity contribution in [1.82, 2.24) is 0 Å². The first-order valence-corrected chi connectivity index (χ1v) is 3.56. The highest BCUT2D eigenvalue weighted by molar-refractivity contribution is 5.51. The van der Waals surface area contributed by atoms with Crippen LogP contribution in [0.3, 0.4) is 0 Å². The van der Waals surface area contributed by atoms with Crippen molar-refractivity contribution in [2.24, 2.45) is 5.18 Å². The van der Waals surface area contributed by atoms with Crippen molar-refractivity contribution >= 4 is 5.69 Å². The fourth-order valence-electron chi connectivity index (χ4n) is 1.11. The Bertz CT molecular complexity index is 292. The molecule has 0 aliphatic rings. The Kier molecular flexibility index (Phi) is 2.03. The molecule has 0 saturated carbocycles. The highest BCUT2D eigenvalue weighted by Gasteiger charge is 2.01. The monoisotopic (exact) mass is 149 g/mol. The van der Waals surface area contributed by atoms with Crippen molar-refractivity contribution in [2.75, 3.05) is 0 Å². The Labute approximate surface area is 66.2 Å². The quantitative estimate of drug-likeness (QED) is 0.564. The third-order valence-corrected chi connectivity index (χ3v) is 1.88. The number of nitroso groups, excluding NO2 is 1. The maximum Gasteiger partial charge on any atom is 0.111 e. The molecule has 1 rings (SSSR count). The van der Waals surface area contributed by atoms with E-state index in [0.29, 0.717) is 5.69 Å². The van der Waals surface area contributed by atoms with Gasteiger partial charge in [0.15, 0.2) is 0 Å². The van der Waals surface area contributed by atoms with Gasteiger partial charge < -0.3 is 0 Å². The van der Waals surface area contributed by atoms with E-state index in [2.05, 4.69) is 5.18 Å². The Morgan fingerprint density at radius 3 is 2.36 bits per heavy atom. The normalized spacial score (nSPS) is 9.73. The molecule has 1 aromatic rings. The number of benzene rings is 1. The molecule has 0 unspecified atom stereocenters. The second-order valence-corrected chi connectivity index (χ2v) is 2.82. The first-order valence-electron chi connectivity index (χ1n) is 3.56. The van der Waals surface area contributed by atoms with Crippen molar-refractivity contribution in [3.05, 3.63) is 33.7 Å². The molecule has 0 bridgehead atoms. The summed E-state index contributed by atoms with van der Waals surface area (Å²) >= 11 is 0. The summed E-state index contributed by atoms with van der Waals surface area (Å²) in [7, 11) is 0. The van der Waals surface area contributed by atoms with Gasteiger partial charge in [-0.15, -0.1) is 4.91 Å². The highest BCUT2D eigenvalue weighted by atomic mass is 16.3. The summed E-state index contributed by atoms with van der Waals surface area (Å²) in [5.41, 5.74) is 3.75. The summed E-state index contributed by atoms with van der Waals surface area (Å²) in [6.07, 6.45) is 0. The van der Waals surface area contributed by atoms with Gasteiger partial charge in [0.1, 0.15) is 5.69 Å². The SMILES string of the molecule is Cc1cc(C)c(C)c(N=O)c1. The topological polar surface area (TPSA) is 29.4 Å². The summed E-state index contributed by atoms with van der Waals surface area (Å²) in [5, 5.41) is 2.94. The van der Waals surface area contributed by atoms with E-state index < -0.39 is 0 Å². The first-order chi connectivity index (χ1) is 5.15. The van der Waals surface area contributed by atoms with Crippen LogP contribution in [-0.2, 0) is 0 Å². The second kappa shape index (κ2) is 2.82. The second-order valence-electron chi connectivity index (χ2n) is 2.82. The maximum absolute atomic E-state index is 10.3. The molecule has 0 fully saturated rings. The lowest BCUT2D eigenvalue weighted by atomic mass is 10.1. The fourth-order valence-corrected chi connectivity index (χ4v) is 1.11. The van der Waals surface area contributed by atoms with Crippen LogP contribution in [0.25, 0.3) is 0 Å². The molecular formula is C9H11NO. The van der Waals surface area contributed by atoms with Gasteiger partial charge in [0.25, 0.3) is 0 Å². The molecule has 0 amide bonds. The first kappa shape index (κ1) is 7.92. The van der Waals surface area contributed by atoms with E-state index in [-0.39, 0.29) is 0 Å². The zero-order chi connectivity index (χ0) is 8.43. The predicted molar refractivity (Wildman–Crippen MR) is 46.1 cm³/mol. The minimum Gasteiger partial charge on any atom is -0.145 e. The van der Waals surface area contributed by atoms with Crippen molar-refractivity contribution in [3.63, 3.8) is 0 Å². The van der Waals surface area contributed by atoms with Crippen molar-refractivity contribution in [3.8, 4) is 0 Å². The van der Waals surface area contributed by atoms with E-state index in [0.717, 1.165) is 16.7 Å². The Balaban J connectivity index is 3.35. The van der Waals surface area contributed by atoms with Crippen LogP contribution < -0.4 is 0 Å². The van der Waals surface area contributed by atoms with Crippen LogP contribution in [-0.4, -0.2) is 0 Å². The van der Waals surface area contributed by atoms with Gasteiger partial charge in [-0.05, 0) is 48.7 Å². The lowest BCUT2D eigenvalue weighted by Gasteiger charge is -2.02. The molecule has 0 aromatic heterocycles. The van der Waals surface area contributed by atoms with Gasteiger partial charge in [-0.1, -0.05) is 6.07 Å². The summed E-state index contributed by atoms with van der Waals surface area (Å²) in [6.45, 7) is 5.85. The molecule has 0 aliphatic heterocycles. The lowest BCUT2D eigenvalue weighted by Crippen LogP contribution is -1.82. The number of aryl methyl sites for hydroxylation is 2. The van der Waals surface area contributed by atoms with Crippen LogP contribution >= 0.6 is 0 Å². The number of hydrogen-bond donors (Lipinski definition) is 0. The minimum absolute atomic E-state index is 0.558. The Morgan fingerprint density at radius 2 is 1.82 bits per heavy atom. The molecule has 58 valence electrons. The smallest absolute Gasteiger partial charge is 0.111 e. The van der Waals surface area contributed by atoms with Crippen molar-refractivity contribution < 1.29 is 0 Å². The summed E-state index contributed by atoms with van der Waals surface area (Å²) in [6, 6.07) is 3.85. The van der Waals surface area contributed by atoms with E-state index in [9.17, 15) is 4.91 Å². The number of hydrogen-bond acceptors (Lipinski definition) is 2. The van der Waals surface area contributed by atoms with Crippen LogP contribution in [0, 0.1) is 25.7 Å². The molecule has 0 aliphatic carbocycles. The third kappa shape index (κ3) is 1.45. The maximum atomic E-state index is 10.3. The van der Waals surface area contributed by atoms with Gasteiger partial charge in [0.2, 0.25) is 0 Å². The van der Waals surface area contributed by atoms with E-state index in [1.54, 1.807) is 6.07 Å². The zero-order valence-electron chi connectivity index (χ0n) is 7.01. The van der Waals surface area contributed by atoms with Crippen LogP contribution in [0.2, 0.25) is 0 Å². The Hall–Kier alpha value is -1.18. The average Bonchev–Trinajstić information content (AvgIpc) is 1.96. The van der Waals surface area contributed by atoms with Crippen LogP contribution in [0.15, 0.2) is 17.3 Å². The third-order valence-electron chi connectivity index (χ3n) is 1.88. The fraction of sp³-hybridized carbons (Fsp3) is 0.333. The van der Waals surface area contributed by atoms with Gasteiger partial charge in [-0.3, -0.25) is 0 Å². The van der Waals surface area contributed by atoms with E-state index in [4.69, 9.17) is 0 Å². The van der Waals surface area contributed by atoms with E-state index >= 15 is 0 Å². The molecule has 2 heteroatoms.